The van der Waals surface area contributed by atoms with Gasteiger partial charge in [-0.05, 0) is 50.3 Å². The summed E-state index contributed by atoms with van der Waals surface area (Å²) in [5.41, 5.74) is 2.81. The largest absolute Gasteiger partial charge is 0.373 e. The monoisotopic (exact) mass is 289 g/mol. The molecule has 0 aromatic heterocycles. The summed E-state index contributed by atoms with van der Waals surface area (Å²) < 4.78 is 6.32. The molecule has 0 bridgehead atoms. The van der Waals surface area contributed by atoms with Crippen LogP contribution in [0.1, 0.15) is 70.0 Å². The Morgan fingerprint density at radius 2 is 1.95 bits per heavy atom. The third-order valence-corrected chi connectivity index (χ3v) is 4.70. The third-order valence-electron chi connectivity index (χ3n) is 4.70. The Hall–Kier alpha value is -0.860. The molecule has 2 nitrogen and oxygen atoms in total. The third kappa shape index (κ3) is 3.87. The molecule has 0 aliphatic heterocycles. The summed E-state index contributed by atoms with van der Waals surface area (Å²) in [6, 6.07) is 9.38. The fourth-order valence-electron chi connectivity index (χ4n) is 3.67. The van der Waals surface area contributed by atoms with Crippen molar-refractivity contribution in [1.82, 2.24) is 5.32 Å². The molecule has 0 spiro atoms. The van der Waals surface area contributed by atoms with E-state index in [1.807, 2.05) is 0 Å². The van der Waals surface area contributed by atoms with Gasteiger partial charge >= 0.3 is 0 Å². The molecule has 2 rings (SSSR count). The zero-order valence-corrected chi connectivity index (χ0v) is 14.0. The van der Waals surface area contributed by atoms with Crippen molar-refractivity contribution in [2.45, 2.75) is 70.9 Å². The molecule has 1 aliphatic carbocycles. The highest BCUT2D eigenvalue weighted by Gasteiger charge is 2.42. The summed E-state index contributed by atoms with van der Waals surface area (Å²) in [5.74, 6) is 0. The average molecular weight is 289 g/mol. The molecule has 0 heterocycles. The smallest absolute Gasteiger partial charge is 0.0876 e. The molecule has 1 N–H and O–H groups in total. The van der Waals surface area contributed by atoms with Crippen LogP contribution in [0.5, 0.6) is 0 Å². The predicted molar refractivity (Wildman–Crippen MR) is 89.7 cm³/mol. The summed E-state index contributed by atoms with van der Waals surface area (Å²) in [6.45, 7) is 8.43. The summed E-state index contributed by atoms with van der Waals surface area (Å²) in [6.07, 6.45) is 7.19. The van der Waals surface area contributed by atoms with E-state index in [1.165, 1.54) is 36.8 Å². The standard InChI is InChI=1S/C19H31NO/c1-4-14-20-18(17-11-9-10-16(5-2)15-17)19(21-6-3)12-7-8-13-19/h9-11,15,18,20H,4-8,12-14H2,1-3H3. The molecule has 1 fully saturated rings. The lowest BCUT2D eigenvalue weighted by molar-refractivity contribution is -0.0626. The Morgan fingerprint density at radius 1 is 1.19 bits per heavy atom. The zero-order valence-electron chi connectivity index (χ0n) is 14.0. The van der Waals surface area contributed by atoms with Gasteiger partial charge < -0.3 is 10.1 Å². The van der Waals surface area contributed by atoms with Crippen molar-refractivity contribution in [3.05, 3.63) is 35.4 Å². The van der Waals surface area contributed by atoms with E-state index < -0.39 is 0 Å². The minimum atomic E-state index is -0.00369. The summed E-state index contributed by atoms with van der Waals surface area (Å²) in [4.78, 5) is 0. The van der Waals surface area contributed by atoms with Crippen LogP contribution in [0.25, 0.3) is 0 Å². The molecule has 1 saturated carbocycles. The van der Waals surface area contributed by atoms with Gasteiger partial charge in [0.15, 0.2) is 0 Å². The van der Waals surface area contributed by atoms with Crippen molar-refractivity contribution in [3.63, 3.8) is 0 Å². The molecule has 1 aliphatic rings. The van der Waals surface area contributed by atoms with Gasteiger partial charge in [0.25, 0.3) is 0 Å². The van der Waals surface area contributed by atoms with Crippen LogP contribution in [0.15, 0.2) is 24.3 Å². The summed E-state index contributed by atoms with van der Waals surface area (Å²) in [5, 5.41) is 3.78. The second-order valence-electron chi connectivity index (χ2n) is 6.19. The van der Waals surface area contributed by atoms with Crippen molar-refractivity contribution in [3.8, 4) is 0 Å². The SMILES string of the molecule is CCCNC(c1cccc(CC)c1)C1(OCC)CCCC1. The molecular formula is C19H31NO. The van der Waals surface area contributed by atoms with Gasteiger partial charge in [0, 0.05) is 6.61 Å². The molecule has 0 radical (unpaired) electrons. The highest BCUT2D eigenvalue weighted by Crippen LogP contribution is 2.43. The Kier molecular flexibility index (Phi) is 6.25. The van der Waals surface area contributed by atoms with Gasteiger partial charge in [-0.2, -0.15) is 0 Å². The van der Waals surface area contributed by atoms with Gasteiger partial charge in [-0.3, -0.25) is 0 Å². The quantitative estimate of drug-likeness (QED) is 0.753. The van der Waals surface area contributed by atoms with E-state index in [9.17, 15) is 0 Å². The van der Waals surface area contributed by atoms with E-state index in [2.05, 4.69) is 50.4 Å². The van der Waals surface area contributed by atoms with Crippen LogP contribution >= 0.6 is 0 Å². The first kappa shape index (κ1) is 16.5. The van der Waals surface area contributed by atoms with E-state index in [0.29, 0.717) is 6.04 Å². The number of nitrogens with one attached hydrogen (secondary N) is 1. The van der Waals surface area contributed by atoms with Gasteiger partial charge in [-0.1, -0.05) is 51.0 Å². The zero-order chi connectivity index (χ0) is 15.1. The van der Waals surface area contributed by atoms with Gasteiger partial charge in [-0.15, -0.1) is 0 Å². The van der Waals surface area contributed by atoms with Crippen molar-refractivity contribution >= 4 is 0 Å². The van der Waals surface area contributed by atoms with Crippen LogP contribution in [-0.2, 0) is 11.2 Å². The van der Waals surface area contributed by atoms with Crippen molar-refractivity contribution < 1.29 is 4.74 Å². The molecule has 1 aromatic carbocycles. The Balaban J connectivity index is 2.31. The van der Waals surface area contributed by atoms with Crippen LogP contribution in [0.4, 0.5) is 0 Å². The summed E-state index contributed by atoms with van der Waals surface area (Å²) in [7, 11) is 0. The van der Waals surface area contributed by atoms with Crippen LogP contribution in [0.2, 0.25) is 0 Å². The lowest BCUT2D eigenvalue weighted by atomic mass is 9.85. The minimum Gasteiger partial charge on any atom is -0.373 e. The van der Waals surface area contributed by atoms with Gasteiger partial charge in [0.05, 0.1) is 11.6 Å². The summed E-state index contributed by atoms with van der Waals surface area (Å²) >= 11 is 0. The Bertz CT molecular complexity index is 423. The highest BCUT2D eigenvalue weighted by molar-refractivity contribution is 5.29. The van der Waals surface area contributed by atoms with Crippen molar-refractivity contribution in [2.24, 2.45) is 0 Å². The van der Waals surface area contributed by atoms with Crippen LogP contribution in [0.3, 0.4) is 0 Å². The van der Waals surface area contributed by atoms with Crippen LogP contribution in [-0.4, -0.2) is 18.8 Å². The molecule has 118 valence electrons. The van der Waals surface area contributed by atoms with Crippen LogP contribution < -0.4 is 5.32 Å². The average Bonchev–Trinajstić information content (AvgIpc) is 2.98. The number of hydrogen-bond acceptors (Lipinski definition) is 2. The molecule has 1 aromatic rings. The number of rotatable bonds is 8. The first-order valence-electron chi connectivity index (χ1n) is 8.72. The van der Waals surface area contributed by atoms with Gasteiger partial charge in [0.1, 0.15) is 0 Å². The molecule has 0 amide bonds. The van der Waals surface area contributed by atoms with Crippen molar-refractivity contribution in [2.75, 3.05) is 13.2 Å². The van der Waals surface area contributed by atoms with Gasteiger partial charge in [-0.25, -0.2) is 0 Å². The molecule has 2 heteroatoms. The number of aryl methyl sites for hydroxylation is 1. The Labute approximate surface area is 130 Å². The fraction of sp³-hybridized carbons (Fsp3) is 0.684. The predicted octanol–water partition coefficient (Wildman–Crippen LogP) is 4.64. The first-order valence-corrected chi connectivity index (χ1v) is 8.72. The van der Waals surface area contributed by atoms with Crippen molar-refractivity contribution in [1.29, 1.82) is 0 Å². The maximum atomic E-state index is 6.32. The molecule has 21 heavy (non-hydrogen) atoms. The normalized spacial score (nSPS) is 18.8. The maximum absolute atomic E-state index is 6.32. The lowest BCUT2D eigenvalue weighted by Crippen LogP contribution is -2.44. The number of ether oxygens (including phenoxy) is 1. The highest BCUT2D eigenvalue weighted by atomic mass is 16.5. The number of hydrogen-bond donors (Lipinski definition) is 1. The second kappa shape index (κ2) is 7.95. The maximum Gasteiger partial charge on any atom is 0.0876 e. The fourth-order valence-corrected chi connectivity index (χ4v) is 3.67. The van der Waals surface area contributed by atoms with E-state index in [0.717, 1.165) is 26.0 Å². The van der Waals surface area contributed by atoms with Gasteiger partial charge in [0.2, 0.25) is 0 Å². The van der Waals surface area contributed by atoms with E-state index >= 15 is 0 Å². The molecule has 0 saturated heterocycles. The molecular weight excluding hydrogens is 258 g/mol. The van der Waals surface area contributed by atoms with E-state index in [4.69, 9.17) is 4.74 Å². The van der Waals surface area contributed by atoms with E-state index in [1.54, 1.807) is 0 Å². The van der Waals surface area contributed by atoms with Crippen LogP contribution in [0, 0.1) is 0 Å². The van der Waals surface area contributed by atoms with E-state index in [-0.39, 0.29) is 5.60 Å². The second-order valence-corrected chi connectivity index (χ2v) is 6.19. The Morgan fingerprint density at radius 3 is 2.57 bits per heavy atom. The lowest BCUT2D eigenvalue weighted by Gasteiger charge is -2.38. The first-order chi connectivity index (χ1) is 10.3. The minimum absolute atomic E-state index is 0.00369. The number of benzene rings is 1. The molecule has 1 unspecified atom stereocenters. The topological polar surface area (TPSA) is 21.3 Å². The molecule has 1 atom stereocenters.